The van der Waals surface area contributed by atoms with Gasteiger partial charge < -0.3 is 20.1 Å². The van der Waals surface area contributed by atoms with E-state index in [-0.39, 0.29) is 17.8 Å². The molecule has 1 aliphatic carbocycles. The highest BCUT2D eigenvalue weighted by molar-refractivity contribution is 5.69. The maximum Gasteiger partial charge on any atom is 0.306 e. The Kier molecular flexibility index (Phi) is 9.94. The van der Waals surface area contributed by atoms with Gasteiger partial charge in [-0.05, 0) is 51.5 Å². The molecular weight excluding hydrogens is 392 g/mol. The Morgan fingerprint density at radius 2 is 1.87 bits per heavy atom. The molecular formula is C26H38O5. The van der Waals surface area contributed by atoms with Gasteiger partial charge in [0.1, 0.15) is 5.60 Å². The normalized spacial score (nSPS) is 25.4. The van der Waals surface area contributed by atoms with Crippen LogP contribution in [-0.2, 0) is 16.0 Å². The zero-order chi connectivity index (χ0) is 22.9. The van der Waals surface area contributed by atoms with E-state index in [2.05, 4.69) is 0 Å². The Labute approximate surface area is 186 Å². The number of esters is 1. The van der Waals surface area contributed by atoms with Crippen LogP contribution in [-0.4, -0.2) is 45.2 Å². The molecule has 5 heteroatoms. The van der Waals surface area contributed by atoms with Crippen molar-refractivity contribution in [2.24, 2.45) is 11.8 Å². The van der Waals surface area contributed by atoms with Gasteiger partial charge in [-0.2, -0.15) is 0 Å². The largest absolute Gasteiger partial charge is 0.460 e. The van der Waals surface area contributed by atoms with Crippen molar-refractivity contribution in [1.29, 1.82) is 0 Å². The summed E-state index contributed by atoms with van der Waals surface area (Å²) in [7, 11) is 0. The first kappa shape index (κ1) is 25.3. The van der Waals surface area contributed by atoms with Gasteiger partial charge in [0.2, 0.25) is 0 Å². The summed E-state index contributed by atoms with van der Waals surface area (Å²) in [5, 5.41) is 31.0. The Morgan fingerprint density at radius 1 is 1.16 bits per heavy atom. The van der Waals surface area contributed by atoms with E-state index >= 15 is 0 Å². The van der Waals surface area contributed by atoms with Gasteiger partial charge in [0.05, 0.1) is 18.3 Å². The van der Waals surface area contributed by atoms with Gasteiger partial charge in [-0.1, -0.05) is 54.6 Å². The van der Waals surface area contributed by atoms with Crippen LogP contribution in [0.5, 0.6) is 0 Å². The number of unbranched alkanes of at least 4 members (excludes halogenated alkanes) is 1. The third-order valence-corrected chi connectivity index (χ3v) is 5.51. The molecule has 31 heavy (non-hydrogen) atoms. The number of carbonyl (C=O) groups is 1. The van der Waals surface area contributed by atoms with Crippen LogP contribution in [0.1, 0.15) is 58.4 Å². The minimum atomic E-state index is -0.628. The molecule has 0 heterocycles. The summed E-state index contributed by atoms with van der Waals surface area (Å²) in [6.07, 6.45) is 9.20. The predicted octanol–water partition coefficient (Wildman–Crippen LogP) is 3.96. The van der Waals surface area contributed by atoms with E-state index in [4.69, 9.17) is 4.74 Å². The van der Waals surface area contributed by atoms with Crippen LogP contribution in [0.2, 0.25) is 0 Å². The Bertz CT molecular complexity index is 719. The SMILES string of the molecule is CC(C)(C)OC(=O)CCC/C=C\CC1C(/C=C/[C@@H](O)Cc2ccccc2)[C@H](O)C[C@@H]1O. The fourth-order valence-corrected chi connectivity index (χ4v) is 4.01. The highest BCUT2D eigenvalue weighted by Gasteiger charge is 2.39. The summed E-state index contributed by atoms with van der Waals surface area (Å²) in [6, 6.07) is 9.78. The number of allylic oxidation sites excluding steroid dienone is 2. The fourth-order valence-electron chi connectivity index (χ4n) is 4.01. The number of benzene rings is 1. The Hall–Kier alpha value is -1.95. The van der Waals surface area contributed by atoms with E-state index in [0.717, 1.165) is 18.4 Å². The van der Waals surface area contributed by atoms with Crippen molar-refractivity contribution in [2.45, 2.75) is 83.2 Å². The highest BCUT2D eigenvalue weighted by Crippen LogP contribution is 2.36. The van der Waals surface area contributed by atoms with Crippen molar-refractivity contribution in [3.05, 3.63) is 60.2 Å². The van der Waals surface area contributed by atoms with E-state index in [1.54, 1.807) is 6.08 Å². The molecule has 0 amide bonds. The van der Waals surface area contributed by atoms with Gasteiger partial charge in [0, 0.05) is 25.2 Å². The fraction of sp³-hybridized carbons (Fsp3) is 0.577. The number of hydrogen-bond acceptors (Lipinski definition) is 5. The van der Waals surface area contributed by atoms with E-state index in [0.29, 0.717) is 25.7 Å². The quantitative estimate of drug-likeness (QED) is 0.297. The van der Waals surface area contributed by atoms with Crippen molar-refractivity contribution in [1.82, 2.24) is 0 Å². The standard InChI is InChI=1S/C26H38O5/c1-26(2,3)31-25(30)14-10-5-4-9-13-21-22(24(29)18-23(21)28)16-15-20(27)17-19-11-7-6-8-12-19/h4,6-9,11-12,15-16,20-24,27-29H,5,10,13-14,17-18H2,1-3H3/b9-4-,16-15+/t20-,21?,22?,23+,24-/m1/s1. The van der Waals surface area contributed by atoms with Gasteiger partial charge in [0.25, 0.3) is 0 Å². The second-order valence-electron chi connectivity index (χ2n) is 9.44. The number of hydrogen-bond donors (Lipinski definition) is 3. The first-order valence-electron chi connectivity index (χ1n) is 11.3. The lowest BCUT2D eigenvalue weighted by atomic mass is 9.89. The second-order valence-corrected chi connectivity index (χ2v) is 9.44. The van der Waals surface area contributed by atoms with Crippen LogP contribution < -0.4 is 0 Å². The van der Waals surface area contributed by atoms with Crippen LogP contribution >= 0.6 is 0 Å². The zero-order valence-electron chi connectivity index (χ0n) is 19.0. The first-order valence-corrected chi connectivity index (χ1v) is 11.3. The van der Waals surface area contributed by atoms with Crippen LogP contribution in [0.4, 0.5) is 0 Å². The minimum absolute atomic E-state index is 0.0859. The average Bonchev–Trinajstić information content (AvgIpc) is 2.95. The molecule has 0 aliphatic heterocycles. The molecule has 172 valence electrons. The van der Waals surface area contributed by atoms with Crippen molar-refractivity contribution in [3.8, 4) is 0 Å². The maximum atomic E-state index is 11.7. The molecule has 1 aromatic rings. The summed E-state index contributed by atoms with van der Waals surface area (Å²) in [6.45, 7) is 5.58. The van der Waals surface area contributed by atoms with Crippen molar-refractivity contribution in [3.63, 3.8) is 0 Å². The molecule has 2 unspecified atom stereocenters. The summed E-state index contributed by atoms with van der Waals surface area (Å²) in [5.41, 5.74) is 0.598. The third kappa shape index (κ3) is 9.38. The van der Waals surface area contributed by atoms with Crippen molar-refractivity contribution >= 4 is 5.97 Å². The van der Waals surface area contributed by atoms with Crippen molar-refractivity contribution < 1.29 is 24.9 Å². The molecule has 3 N–H and O–H groups in total. The van der Waals surface area contributed by atoms with Crippen molar-refractivity contribution in [2.75, 3.05) is 0 Å². The number of carbonyl (C=O) groups excluding carboxylic acids is 1. The molecule has 5 atom stereocenters. The van der Waals surface area contributed by atoms with Gasteiger partial charge in [0.15, 0.2) is 0 Å². The predicted molar refractivity (Wildman–Crippen MR) is 122 cm³/mol. The number of rotatable bonds is 10. The molecule has 0 saturated heterocycles. The minimum Gasteiger partial charge on any atom is -0.460 e. The molecule has 1 aromatic carbocycles. The molecule has 0 radical (unpaired) electrons. The highest BCUT2D eigenvalue weighted by atomic mass is 16.6. The van der Waals surface area contributed by atoms with E-state index in [9.17, 15) is 20.1 Å². The van der Waals surface area contributed by atoms with Crippen LogP contribution in [0.3, 0.4) is 0 Å². The van der Waals surface area contributed by atoms with E-state index in [1.807, 2.05) is 69.3 Å². The molecule has 5 nitrogen and oxygen atoms in total. The maximum absolute atomic E-state index is 11.7. The lowest BCUT2D eigenvalue weighted by Gasteiger charge is -2.20. The molecule has 2 rings (SSSR count). The smallest absolute Gasteiger partial charge is 0.306 e. The molecule has 1 saturated carbocycles. The monoisotopic (exact) mass is 430 g/mol. The Morgan fingerprint density at radius 3 is 2.55 bits per heavy atom. The summed E-state index contributed by atoms with van der Waals surface area (Å²) >= 11 is 0. The van der Waals surface area contributed by atoms with E-state index in [1.165, 1.54) is 0 Å². The van der Waals surface area contributed by atoms with Gasteiger partial charge in [-0.3, -0.25) is 4.79 Å². The van der Waals surface area contributed by atoms with Gasteiger partial charge in [-0.15, -0.1) is 0 Å². The summed E-state index contributed by atoms with van der Waals surface area (Å²) in [5.74, 6) is -0.460. The molecule has 1 fully saturated rings. The number of aliphatic hydroxyl groups excluding tert-OH is 3. The summed E-state index contributed by atoms with van der Waals surface area (Å²) in [4.78, 5) is 11.7. The lowest BCUT2D eigenvalue weighted by Crippen LogP contribution is -2.23. The zero-order valence-corrected chi connectivity index (χ0v) is 19.0. The van der Waals surface area contributed by atoms with Crippen LogP contribution in [0.25, 0.3) is 0 Å². The molecule has 1 aliphatic rings. The topological polar surface area (TPSA) is 87.0 Å². The summed E-state index contributed by atoms with van der Waals surface area (Å²) < 4.78 is 5.30. The second kappa shape index (κ2) is 12.2. The van der Waals surface area contributed by atoms with Gasteiger partial charge >= 0.3 is 5.97 Å². The third-order valence-electron chi connectivity index (χ3n) is 5.51. The molecule has 0 bridgehead atoms. The van der Waals surface area contributed by atoms with Crippen LogP contribution in [0.15, 0.2) is 54.6 Å². The Balaban J connectivity index is 1.79. The van der Waals surface area contributed by atoms with Gasteiger partial charge in [-0.25, -0.2) is 0 Å². The first-order chi connectivity index (χ1) is 14.7. The van der Waals surface area contributed by atoms with E-state index < -0.39 is 23.9 Å². The number of ether oxygens (including phenoxy) is 1. The average molecular weight is 431 g/mol. The number of aliphatic hydroxyl groups is 3. The molecule has 0 spiro atoms. The lowest BCUT2D eigenvalue weighted by molar-refractivity contribution is -0.154. The van der Waals surface area contributed by atoms with Crippen LogP contribution in [0, 0.1) is 11.8 Å². The molecule has 0 aromatic heterocycles.